The number of benzene rings is 2. The average Bonchev–Trinajstić information content (AvgIpc) is 2.76. The number of aryl methyl sites for hydroxylation is 2. The van der Waals surface area contributed by atoms with Crippen molar-refractivity contribution in [2.45, 2.75) is 44.6 Å². The quantitative estimate of drug-likeness (QED) is 0.734. The first kappa shape index (κ1) is 22.3. The third-order valence-corrected chi connectivity index (χ3v) is 7.91. The fourth-order valence-electron chi connectivity index (χ4n) is 4.02. The molecule has 2 aromatic carbocycles. The second-order valence-electron chi connectivity index (χ2n) is 8.42. The average molecular weight is 458 g/mol. The lowest BCUT2D eigenvalue weighted by molar-refractivity contribution is -0.123. The summed E-state index contributed by atoms with van der Waals surface area (Å²) in [4.78, 5) is 24.8. The van der Waals surface area contributed by atoms with Crippen LogP contribution in [-0.4, -0.2) is 43.7 Å². The molecule has 2 amide bonds. The van der Waals surface area contributed by atoms with E-state index in [0.717, 1.165) is 5.56 Å². The maximum absolute atomic E-state index is 13.5. The minimum Gasteiger partial charge on any atom is -0.479 e. The van der Waals surface area contributed by atoms with Crippen LogP contribution in [0.15, 0.2) is 41.3 Å². The predicted molar refractivity (Wildman–Crippen MR) is 121 cm³/mol. The van der Waals surface area contributed by atoms with Crippen molar-refractivity contribution in [2.24, 2.45) is 5.92 Å². The molecule has 2 aliphatic rings. The molecular weight excluding hydrogens is 430 g/mol. The second kappa shape index (κ2) is 8.55. The van der Waals surface area contributed by atoms with Crippen molar-refractivity contribution in [1.82, 2.24) is 4.31 Å². The van der Waals surface area contributed by atoms with Crippen molar-refractivity contribution in [3.05, 3.63) is 47.5 Å². The fourth-order valence-corrected chi connectivity index (χ4v) is 5.76. The molecule has 0 saturated carbocycles. The SMILES string of the molecule is Cc1ccc(NC(=O)C2CCCN(S(=O)(=O)c3cc4c(cc3C)NC(=O)C(C)O4)C2)cc1. The van der Waals surface area contributed by atoms with Crippen LogP contribution >= 0.6 is 0 Å². The van der Waals surface area contributed by atoms with Gasteiger partial charge in [0.2, 0.25) is 15.9 Å². The molecule has 2 heterocycles. The van der Waals surface area contributed by atoms with Crippen molar-refractivity contribution < 1.29 is 22.7 Å². The van der Waals surface area contributed by atoms with Crippen molar-refractivity contribution in [2.75, 3.05) is 23.7 Å². The van der Waals surface area contributed by atoms with Crippen LogP contribution in [0.25, 0.3) is 0 Å². The third kappa shape index (κ3) is 4.35. The van der Waals surface area contributed by atoms with Gasteiger partial charge in [-0.15, -0.1) is 0 Å². The molecule has 1 saturated heterocycles. The molecule has 2 atom stereocenters. The lowest BCUT2D eigenvalue weighted by Gasteiger charge is -2.32. The van der Waals surface area contributed by atoms with Gasteiger partial charge in [-0.2, -0.15) is 4.31 Å². The summed E-state index contributed by atoms with van der Waals surface area (Å²) in [6.07, 6.45) is 0.517. The van der Waals surface area contributed by atoms with Crippen LogP contribution in [0.1, 0.15) is 30.9 Å². The molecule has 0 aromatic heterocycles. The highest BCUT2D eigenvalue weighted by Crippen LogP contribution is 2.36. The number of hydrogen-bond donors (Lipinski definition) is 2. The first-order chi connectivity index (χ1) is 15.1. The molecule has 2 unspecified atom stereocenters. The van der Waals surface area contributed by atoms with Crippen LogP contribution in [0, 0.1) is 19.8 Å². The molecule has 8 nitrogen and oxygen atoms in total. The number of rotatable bonds is 4. The summed E-state index contributed by atoms with van der Waals surface area (Å²) in [6.45, 7) is 5.72. The van der Waals surface area contributed by atoms with Gasteiger partial charge in [-0.25, -0.2) is 8.42 Å². The van der Waals surface area contributed by atoms with Gasteiger partial charge in [-0.05, 0) is 57.4 Å². The standard InChI is InChI=1S/C23H27N3O5S/c1-14-6-8-18(9-7-14)24-23(28)17-5-4-10-26(13-17)32(29,30)21-12-20-19(11-15(21)2)25-22(27)16(3)31-20/h6-9,11-12,16-17H,4-5,10,13H2,1-3H3,(H,24,28)(H,25,27). The number of nitrogens with zero attached hydrogens (tertiary/aromatic N) is 1. The van der Waals surface area contributed by atoms with E-state index in [9.17, 15) is 18.0 Å². The molecule has 32 heavy (non-hydrogen) atoms. The zero-order chi connectivity index (χ0) is 23.0. The number of piperidine rings is 1. The van der Waals surface area contributed by atoms with Gasteiger partial charge in [-0.3, -0.25) is 9.59 Å². The Hall–Kier alpha value is -2.91. The topological polar surface area (TPSA) is 105 Å². The van der Waals surface area contributed by atoms with E-state index in [1.54, 1.807) is 19.9 Å². The molecule has 4 rings (SSSR count). The summed E-state index contributed by atoms with van der Waals surface area (Å²) in [5.74, 6) is -0.568. The second-order valence-corrected chi connectivity index (χ2v) is 10.3. The Kier molecular flexibility index (Phi) is 5.96. The molecule has 170 valence electrons. The van der Waals surface area contributed by atoms with E-state index in [-0.39, 0.29) is 23.3 Å². The number of carbonyl (C=O) groups excluding carboxylic acids is 2. The fraction of sp³-hybridized carbons (Fsp3) is 0.391. The molecule has 1 fully saturated rings. The smallest absolute Gasteiger partial charge is 0.265 e. The Morgan fingerprint density at radius 3 is 2.62 bits per heavy atom. The molecule has 2 aliphatic heterocycles. The van der Waals surface area contributed by atoms with Gasteiger partial charge in [0, 0.05) is 24.8 Å². The summed E-state index contributed by atoms with van der Waals surface area (Å²) in [7, 11) is -3.84. The van der Waals surface area contributed by atoms with Gasteiger partial charge in [0.15, 0.2) is 6.10 Å². The predicted octanol–water partition coefficient (Wildman–Crippen LogP) is 3.06. The highest BCUT2D eigenvalue weighted by Gasteiger charge is 2.35. The lowest BCUT2D eigenvalue weighted by Crippen LogP contribution is -2.44. The number of carbonyl (C=O) groups is 2. The van der Waals surface area contributed by atoms with Crippen LogP contribution in [0.2, 0.25) is 0 Å². The van der Waals surface area contributed by atoms with Crippen LogP contribution in [0.3, 0.4) is 0 Å². The van der Waals surface area contributed by atoms with Crippen LogP contribution < -0.4 is 15.4 Å². The highest BCUT2D eigenvalue weighted by atomic mass is 32.2. The Morgan fingerprint density at radius 1 is 1.19 bits per heavy atom. The Morgan fingerprint density at radius 2 is 1.91 bits per heavy atom. The van der Waals surface area contributed by atoms with Crippen LogP contribution in [0.4, 0.5) is 11.4 Å². The first-order valence-electron chi connectivity index (χ1n) is 10.6. The van der Waals surface area contributed by atoms with Gasteiger partial charge >= 0.3 is 0 Å². The third-order valence-electron chi connectivity index (χ3n) is 5.90. The van der Waals surface area contributed by atoms with Gasteiger partial charge < -0.3 is 15.4 Å². The monoisotopic (exact) mass is 457 g/mol. The maximum atomic E-state index is 13.5. The maximum Gasteiger partial charge on any atom is 0.265 e. The molecule has 2 aromatic rings. The minimum absolute atomic E-state index is 0.116. The molecule has 0 bridgehead atoms. The van der Waals surface area contributed by atoms with Gasteiger partial charge in [0.25, 0.3) is 5.91 Å². The summed E-state index contributed by atoms with van der Waals surface area (Å²) in [5.41, 5.74) is 2.75. The lowest BCUT2D eigenvalue weighted by atomic mass is 9.98. The van der Waals surface area contributed by atoms with Crippen molar-refractivity contribution in [3.63, 3.8) is 0 Å². The largest absolute Gasteiger partial charge is 0.479 e. The van der Waals surface area contributed by atoms with Crippen molar-refractivity contribution in [1.29, 1.82) is 0 Å². The summed E-state index contributed by atoms with van der Waals surface area (Å²) in [5, 5.41) is 5.62. The Labute approximate surface area is 188 Å². The summed E-state index contributed by atoms with van der Waals surface area (Å²) in [6, 6.07) is 10.6. The summed E-state index contributed by atoms with van der Waals surface area (Å²) >= 11 is 0. The van der Waals surface area contributed by atoms with E-state index >= 15 is 0 Å². The normalized spacial score (nSPS) is 21.3. The minimum atomic E-state index is -3.84. The molecule has 0 aliphatic carbocycles. The molecule has 0 spiro atoms. The molecule has 9 heteroatoms. The van der Waals surface area contributed by atoms with E-state index in [1.807, 2.05) is 31.2 Å². The van der Waals surface area contributed by atoms with Gasteiger partial charge in [-0.1, -0.05) is 17.7 Å². The number of sulfonamides is 1. The van der Waals surface area contributed by atoms with E-state index in [0.29, 0.717) is 42.1 Å². The zero-order valence-electron chi connectivity index (χ0n) is 18.3. The number of ether oxygens (including phenoxy) is 1. The van der Waals surface area contributed by atoms with E-state index in [2.05, 4.69) is 10.6 Å². The number of fused-ring (bicyclic) bond motifs is 1. The van der Waals surface area contributed by atoms with Gasteiger partial charge in [0.1, 0.15) is 5.75 Å². The van der Waals surface area contributed by atoms with E-state index in [4.69, 9.17) is 4.74 Å². The van der Waals surface area contributed by atoms with E-state index in [1.165, 1.54) is 10.4 Å². The number of nitrogens with one attached hydrogen (secondary N) is 2. The van der Waals surface area contributed by atoms with Crippen molar-refractivity contribution >= 4 is 33.2 Å². The van der Waals surface area contributed by atoms with Gasteiger partial charge in [0.05, 0.1) is 16.5 Å². The Balaban J connectivity index is 1.54. The molecule has 0 radical (unpaired) electrons. The number of hydrogen-bond acceptors (Lipinski definition) is 5. The van der Waals surface area contributed by atoms with Crippen molar-refractivity contribution in [3.8, 4) is 5.75 Å². The zero-order valence-corrected chi connectivity index (χ0v) is 19.2. The van der Waals surface area contributed by atoms with Crippen LogP contribution in [-0.2, 0) is 19.6 Å². The van der Waals surface area contributed by atoms with E-state index < -0.39 is 22.0 Å². The number of amides is 2. The van der Waals surface area contributed by atoms with Crippen LogP contribution in [0.5, 0.6) is 5.75 Å². The first-order valence-corrected chi connectivity index (χ1v) is 12.1. The highest BCUT2D eigenvalue weighted by molar-refractivity contribution is 7.89. The number of anilines is 2. The summed E-state index contributed by atoms with van der Waals surface area (Å²) < 4.78 is 33.9. The molecular formula is C23H27N3O5S. The molecule has 2 N–H and O–H groups in total. The Bertz CT molecular complexity index is 1160.